The third kappa shape index (κ3) is 2.73. The Labute approximate surface area is 95.2 Å². The molecule has 0 saturated heterocycles. The maximum absolute atomic E-state index is 11.7. The van der Waals surface area contributed by atoms with Crippen LogP contribution in [-0.2, 0) is 0 Å². The number of anilines is 1. The van der Waals surface area contributed by atoms with Crippen molar-refractivity contribution in [3.63, 3.8) is 0 Å². The van der Waals surface area contributed by atoms with E-state index in [0.29, 0.717) is 17.9 Å². The molecule has 0 aliphatic carbocycles. The molecule has 1 aromatic heterocycles. The van der Waals surface area contributed by atoms with Crippen LogP contribution in [0.3, 0.4) is 0 Å². The predicted octanol–water partition coefficient (Wildman–Crippen LogP) is -0.0198. The Bertz CT molecular complexity index is 371. The smallest absolute Gasteiger partial charge is 0.273 e. The number of aromatic nitrogens is 2. The fraction of sp³-hybridized carbons (Fsp3) is 0.600. The first kappa shape index (κ1) is 12.5. The molecule has 0 saturated carbocycles. The van der Waals surface area contributed by atoms with E-state index in [2.05, 4.69) is 15.5 Å². The summed E-state index contributed by atoms with van der Waals surface area (Å²) in [5, 5.41) is 9.34. The highest BCUT2D eigenvalue weighted by molar-refractivity contribution is 5.97. The third-order valence-corrected chi connectivity index (χ3v) is 2.65. The maximum atomic E-state index is 11.7. The summed E-state index contributed by atoms with van der Waals surface area (Å²) in [7, 11) is 3.92. The van der Waals surface area contributed by atoms with E-state index in [0.717, 1.165) is 0 Å². The number of amides is 1. The predicted molar refractivity (Wildman–Crippen MR) is 63.2 cm³/mol. The Morgan fingerprint density at radius 2 is 2.25 bits per heavy atom. The minimum Gasteiger partial charge on any atom is -0.395 e. The number of aryl methyl sites for hydroxylation is 1. The molecule has 0 aliphatic heterocycles. The number of nitrogens with one attached hydrogen (secondary N) is 2. The summed E-state index contributed by atoms with van der Waals surface area (Å²) in [6.07, 6.45) is 0. The van der Waals surface area contributed by atoms with Crippen molar-refractivity contribution in [1.29, 1.82) is 0 Å². The number of aromatic amines is 1. The van der Waals surface area contributed by atoms with Gasteiger partial charge in [0, 0.05) is 12.6 Å². The SMILES string of the molecule is Cc1[nH]nc(C(=O)NCC(C)N(C)C)c1N. The van der Waals surface area contributed by atoms with Crippen molar-refractivity contribution < 1.29 is 4.79 Å². The number of carbonyl (C=O) groups is 1. The van der Waals surface area contributed by atoms with Crippen molar-refractivity contribution >= 4 is 11.6 Å². The van der Waals surface area contributed by atoms with Gasteiger partial charge in [-0.1, -0.05) is 0 Å². The van der Waals surface area contributed by atoms with E-state index < -0.39 is 0 Å². The van der Waals surface area contributed by atoms with Gasteiger partial charge in [0.05, 0.1) is 11.4 Å². The summed E-state index contributed by atoms with van der Waals surface area (Å²) < 4.78 is 0. The third-order valence-electron chi connectivity index (χ3n) is 2.65. The molecule has 0 fully saturated rings. The second kappa shape index (κ2) is 4.98. The van der Waals surface area contributed by atoms with Crippen LogP contribution in [0.5, 0.6) is 0 Å². The molecule has 1 atom stereocenters. The molecule has 4 N–H and O–H groups in total. The highest BCUT2D eigenvalue weighted by Gasteiger charge is 2.15. The first-order valence-electron chi connectivity index (χ1n) is 5.18. The molecule has 6 nitrogen and oxygen atoms in total. The van der Waals surface area contributed by atoms with Gasteiger partial charge in [0.1, 0.15) is 0 Å². The standard InChI is InChI=1S/C10H19N5O/c1-6(15(3)4)5-12-10(16)9-8(11)7(2)13-14-9/h6H,5,11H2,1-4H3,(H,12,16)(H,13,14). The zero-order valence-corrected chi connectivity index (χ0v) is 10.2. The first-order valence-corrected chi connectivity index (χ1v) is 5.18. The first-order chi connectivity index (χ1) is 7.43. The van der Waals surface area contributed by atoms with Crippen molar-refractivity contribution in [1.82, 2.24) is 20.4 Å². The molecule has 1 heterocycles. The molecular weight excluding hydrogens is 206 g/mol. The molecule has 90 valence electrons. The van der Waals surface area contributed by atoms with Gasteiger partial charge in [0.15, 0.2) is 5.69 Å². The molecule has 0 spiro atoms. The lowest BCUT2D eigenvalue weighted by Gasteiger charge is -2.19. The zero-order chi connectivity index (χ0) is 12.3. The lowest BCUT2D eigenvalue weighted by atomic mass is 10.2. The summed E-state index contributed by atoms with van der Waals surface area (Å²) in [6, 6.07) is 0.269. The summed E-state index contributed by atoms with van der Waals surface area (Å²) in [6.45, 7) is 4.37. The average Bonchev–Trinajstić information content (AvgIpc) is 2.55. The van der Waals surface area contributed by atoms with Crippen LogP contribution in [-0.4, -0.2) is 47.7 Å². The van der Waals surface area contributed by atoms with Crippen LogP contribution < -0.4 is 11.1 Å². The van der Waals surface area contributed by atoms with Crippen molar-refractivity contribution in [3.8, 4) is 0 Å². The van der Waals surface area contributed by atoms with Gasteiger partial charge in [-0.2, -0.15) is 5.10 Å². The van der Waals surface area contributed by atoms with Gasteiger partial charge in [-0.15, -0.1) is 0 Å². The Morgan fingerprint density at radius 1 is 1.62 bits per heavy atom. The largest absolute Gasteiger partial charge is 0.395 e. The van der Waals surface area contributed by atoms with Gasteiger partial charge in [-0.05, 0) is 27.9 Å². The van der Waals surface area contributed by atoms with E-state index >= 15 is 0 Å². The minimum absolute atomic E-state index is 0.240. The lowest BCUT2D eigenvalue weighted by Crippen LogP contribution is -2.38. The van der Waals surface area contributed by atoms with Crippen LogP contribution in [0.25, 0.3) is 0 Å². The number of nitrogen functional groups attached to an aromatic ring is 1. The van der Waals surface area contributed by atoms with Crippen molar-refractivity contribution in [2.45, 2.75) is 19.9 Å². The van der Waals surface area contributed by atoms with E-state index in [1.807, 2.05) is 25.9 Å². The number of H-pyrrole nitrogens is 1. The van der Waals surface area contributed by atoms with Gasteiger partial charge in [0.25, 0.3) is 5.91 Å². The second-order valence-corrected chi connectivity index (χ2v) is 4.13. The van der Waals surface area contributed by atoms with E-state index in [1.165, 1.54) is 0 Å². The summed E-state index contributed by atoms with van der Waals surface area (Å²) >= 11 is 0. The Kier molecular flexibility index (Phi) is 3.89. The van der Waals surface area contributed by atoms with E-state index in [4.69, 9.17) is 5.73 Å². The molecule has 16 heavy (non-hydrogen) atoms. The van der Waals surface area contributed by atoms with Crippen molar-refractivity contribution in [2.24, 2.45) is 0 Å². The van der Waals surface area contributed by atoms with Crippen LogP contribution in [0, 0.1) is 6.92 Å². The normalized spacial score (nSPS) is 12.8. The molecule has 1 aromatic rings. The Morgan fingerprint density at radius 3 is 2.69 bits per heavy atom. The number of hydrogen-bond donors (Lipinski definition) is 3. The monoisotopic (exact) mass is 225 g/mol. The number of nitrogens with two attached hydrogens (primary N) is 1. The molecule has 1 unspecified atom stereocenters. The molecule has 0 radical (unpaired) electrons. The van der Waals surface area contributed by atoms with Crippen molar-refractivity contribution in [2.75, 3.05) is 26.4 Å². The van der Waals surface area contributed by atoms with Gasteiger partial charge in [-0.25, -0.2) is 0 Å². The summed E-state index contributed by atoms with van der Waals surface area (Å²) in [5.74, 6) is -0.240. The summed E-state index contributed by atoms with van der Waals surface area (Å²) in [5.41, 5.74) is 7.10. The van der Waals surface area contributed by atoms with Gasteiger partial charge >= 0.3 is 0 Å². The van der Waals surface area contributed by atoms with E-state index in [-0.39, 0.29) is 17.6 Å². The molecule has 6 heteroatoms. The molecule has 0 aromatic carbocycles. The van der Waals surface area contributed by atoms with Crippen LogP contribution in [0.15, 0.2) is 0 Å². The molecule has 0 bridgehead atoms. The van der Waals surface area contributed by atoms with Crippen LogP contribution in [0.1, 0.15) is 23.1 Å². The van der Waals surface area contributed by atoms with Gasteiger partial charge in [0.2, 0.25) is 0 Å². The number of rotatable bonds is 4. The van der Waals surface area contributed by atoms with Crippen molar-refractivity contribution in [3.05, 3.63) is 11.4 Å². The molecule has 0 aliphatic rings. The second-order valence-electron chi connectivity index (χ2n) is 4.13. The number of nitrogens with zero attached hydrogens (tertiary/aromatic N) is 2. The number of hydrogen-bond acceptors (Lipinski definition) is 4. The lowest BCUT2D eigenvalue weighted by molar-refractivity contribution is 0.0939. The van der Waals surface area contributed by atoms with E-state index in [1.54, 1.807) is 6.92 Å². The maximum Gasteiger partial charge on any atom is 0.273 e. The topological polar surface area (TPSA) is 87.0 Å². The highest BCUT2D eigenvalue weighted by Crippen LogP contribution is 2.11. The van der Waals surface area contributed by atoms with Crippen LogP contribution in [0.4, 0.5) is 5.69 Å². The fourth-order valence-corrected chi connectivity index (χ4v) is 1.12. The fourth-order valence-electron chi connectivity index (χ4n) is 1.12. The number of carbonyl (C=O) groups excluding carboxylic acids is 1. The highest BCUT2D eigenvalue weighted by atomic mass is 16.1. The summed E-state index contributed by atoms with van der Waals surface area (Å²) in [4.78, 5) is 13.7. The quantitative estimate of drug-likeness (QED) is 0.672. The van der Waals surface area contributed by atoms with Crippen LogP contribution >= 0.6 is 0 Å². The number of likely N-dealkylation sites (N-methyl/N-ethyl adjacent to an activating group) is 1. The van der Waals surface area contributed by atoms with Crippen LogP contribution in [0.2, 0.25) is 0 Å². The average molecular weight is 225 g/mol. The Balaban J connectivity index is 2.57. The van der Waals surface area contributed by atoms with Gasteiger partial charge < -0.3 is 16.0 Å². The Hall–Kier alpha value is -1.56. The molecule has 1 amide bonds. The zero-order valence-electron chi connectivity index (χ0n) is 10.2. The molecular formula is C10H19N5O. The minimum atomic E-state index is -0.240. The molecule has 1 rings (SSSR count). The van der Waals surface area contributed by atoms with E-state index in [9.17, 15) is 4.79 Å². The van der Waals surface area contributed by atoms with Gasteiger partial charge in [-0.3, -0.25) is 9.89 Å².